The molecule has 0 radical (unpaired) electrons. The minimum atomic E-state index is -3.95. The lowest BCUT2D eigenvalue weighted by Gasteiger charge is -2.29. The molecule has 0 bridgehead atoms. The summed E-state index contributed by atoms with van der Waals surface area (Å²) in [5.74, 6) is -5.97. The Morgan fingerprint density at radius 1 is 0.953 bits per heavy atom. The van der Waals surface area contributed by atoms with Gasteiger partial charge in [-0.1, -0.05) is 36.4 Å². The van der Waals surface area contributed by atoms with E-state index in [1.54, 1.807) is 12.4 Å². The van der Waals surface area contributed by atoms with Crippen LogP contribution in [0.15, 0.2) is 67.0 Å². The van der Waals surface area contributed by atoms with Crippen LogP contribution in [0, 0.1) is 0 Å². The zero-order valence-corrected chi connectivity index (χ0v) is 24.8. The van der Waals surface area contributed by atoms with Crippen LogP contribution in [0.2, 0.25) is 0 Å². The molecule has 2 atom stereocenters. The Kier molecular flexibility index (Phi) is 10.9. The van der Waals surface area contributed by atoms with E-state index in [2.05, 4.69) is 4.98 Å². The monoisotopic (exact) mass is 596 g/mol. The Morgan fingerprint density at radius 3 is 2.28 bits per heavy atom. The van der Waals surface area contributed by atoms with Crippen molar-refractivity contribution in [2.45, 2.75) is 63.0 Å². The number of ether oxygens (including phenoxy) is 4. The summed E-state index contributed by atoms with van der Waals surface area (Å²) < 4.78 is 53.0. The number of halogens is 2. The number of carbonyl (C=O) groups is 2. The molecule has 0 N–H and O–H groups in total. The quantitative estimate of drug-likeness (QED) is 0.219. The van der Waals surface area contributed by atoms with Crippen molar-refractivity contribution in [1.82, 2.24) is 9.88 Å². The van der Waals surface area contributed by atoms with Gasteiger partial charge in [0.1, 0.15) is 12.1 Å². The molecule has 2 aromatic carbocycles. The third kappa shape index (κ3) is 7.80. The van der Waals surface area contributed by atoms with E-state index in [0.717, 1.165) is 41.0 Å². The molecule has 1 unspecified atom stereocenters. The summed E-state index contributed by atoms with van der Waals surface area (Å²) in [5.41, 5.74) is 1.57. The number of alkyl halides is 2. The van der Waals surface area contributed by atoms with Crippen molar-refractivity contribution >= 4 is 11.9 Å². The Hall–Kier alpha value is -4.21. The van der Waals surface area contributed by atoms with Crippen LogP contribution in [-0.4, -0.2) is 61.8 Å². The van der Waals surface area contributed by atoms with Gasteiger partial charge in [-0.3, -0.25) is 9.78 Å². The van der Waals surface area contributed by atoms with Gasteiger partial charge in [0.2, 0.25) is 5.75 Å². The maximum Gasteiger partial charge on any atom is 0.350 e. The van der Waals surface area contributed by atoms with Gasteiger partial charge in [0, 0.05) is 24.5 Å². The molecule has 3 aromatic rings. The normalized spacial score (nSPS) is 15.6. The van der Waals surface area contributed by atoms with Crippen molar-refractivity contribution in [3.8, 4) is 17.2 Å². The van der Waals surface area contributed by atoms with Gasteiger partial charge in [0.05, 0.1) is 21.3 Å². The lowest BCUT2D eigenvalue weighted by molar-refractivity contribution is -0.169. The molecule has 1 fully saturated rings. The summed E-state index contributed by atoms with van der Waals surface area (Å²) in [6.45, 7) is 0.0221. The van der Waals surface area contributed by atoms with Crippen LogP contribution in [0.5, 0.6) is 17.2 Å². The van der Waals surface area contributed by atoms with Gasteiger partial charge in [-0.15, -0.1) is 0 Å². The number of aromatic nitrogens is 1. The molecule has 1 saturated heterocycles. The Bertz CT molecular complexity index is 1330. The van der Waals surface area contributed by atoms with Crippen LogP contribution in [-0.2, 0) is 33.1 Å². The fourth-order valence-electron chi connectivity index (χ4n) is 5.38. The lowest BCUT2D eigenvalue weighted by Crippen LogP contribution is -2.48. The first-order valence-electron chi connectivity index (χ1n) is 14.4. The standard InChI is InChI=1S/C33H38F2N2O6/c1-40-28-20-25(21-29(41-2)30(28)42-3)33(34,35)32(39)37-19-9-15-27(37)31(38)43-26(17-16-23-10-5-4-6-11-23)14-7-12-24-13-8-18-36-22-24/h4-6,8,10-11,13,18,20-22,26-27H,7,9,12,14-17,19H2,1-3H3/t26?,27-/m0/s1. The molecular formula is C33H38F2N2O6. The summed E-state index contributed by atoms with van der Waals surface area (Å²) >= 11 is 0. The number of methoxy groups -OCH3 is 3. The fraction of sp³-hybridized carbons (Fsp3) is 0.424. The molecule has 8 nitrogen and oxygen atoms in total. The zero-order valence-electron chi connectivity index (χ0n) is 24.8. The molecular weight excluding hydrogens is 558 g/mol. The van der Waals surface area contributed by atoms with Crippen LogP contribution in [0.4, 0.5) is 8.78 Å². The first-order valence-corrected chi connectivity index (χ1v) is 14.4. The molecule has 1 aliphatic heterocycles. The van der Waals surface area contributed by atoms with Crippen LogP contribution >= 0.6 is 0 Å². The molecule has 10 heteroatoms. The van der Waals surface area contributed by atoms with Gasteiger partial charge in [-0.25, -0.2) is 4.79 Å². The molecule has 1 aliphatic rings. The smallest absolute Gasteiger partial charge is 0.350 e. The van der Waals surface area contributed by atoms with E-state index in [-0.39, 0.29) is 30.2 Å². The molecule has 4 rings (SSSR count). The molecule has 0 saturated carbocycles. The highest BCUT2D eigenvalue weighted by Crippen LogP contribution is 2.43. The third-order valence-corrected chi connectivity index (χ3v) is 7.68. The summed E-state index contributed by atoms with van der Waals surface area (Å²) in [6.07, 6.45) is 7.13. The third-order valence-electron chi connectivity index (χ3n) is 7.68. The van der Waals surface area contributed by atoms with Crippen LogP contribution in [0.3, 0.4) is 0 Å². The van der Waals surface area contributed by atoms with Gasteiger partial charge >= 0.3 is 11.9 Å². The number of esters is 1. The average Bonchev–Trinajstić information content (AvgIpc) is 3.53. The van der Waals surface area contributed by atoms with E-state index in [1.165, 1.54) is 21.3 Å². The number of aryl methyl sites for hydroxylation is 2. The van der Waals surface area contributed by atoms with Crippen molar-refractivity contribution in [2.24, 2.45) is 0 Å². The van der Waals surface area contributed by atoms with Crippen LogP contribution < -0.4 is 14.2 Å². The van der Waals surface area contributed by atoms with Gasteiger partial charge in [0.25, 0.3) is 5.91 Å². The van der Waals surface area contributed by atoms with Crippen LogP contribution in [0.1, 0.15) is 48.8 Å². The predicted molar refractivity (Wildman–Crippen MR) is 157 cm³/mol. The second kappa shape index (κ2) is 14.8. The molecule has 1 aromatic heterocycles. The van der Waals surface area contributed by atoms with Crippen molar-refractivity contribution < 1.29 is 37.3 Å². The first-order chi connectivity index (χ1) is 20.8. The molecule has 230 valence electrons. The summed E-state index contributed by atoms with van der Waals surface area (Å²) in [7, 11) is 3.97. The van der Waals surface area contributed by atoms with Crippen molar-refractivity contribution in [3.05, 3.63) is 83.7 Å². The first kappa shape index (κ1) is 31.7. The van der Waals surface area contributed by atoms with Gasteiger partial charge < -0.3 is 23.8 Å². The van der Waals surface area contributed by atoms with Crippen molar-refractivity contribution in [3.63, 3.8) is 0 Å². The minimum absolute atomic E-state index is 0.00533. The summed E-state index contributed by atoms with van der Waals surface area (Å²) in [5, 5.41) is 0. The van der Waals surface area contributed by atoms with Crippen molar-refractivity contribution in [2.75, 3.05) is 27.9 Å². The van der Waals surface area contributed by atoms with E-state index in [9.17, 15) is 9.59 Å². The van der Waals surface area contributed by atoms with Gasteiger partial charge in [-0.2, -0.15) is 8.78 Å². The Balaban J connectivity index is 1.48. The van der Waals surface area contributed by atoms with E-state index >= 15 is 8.78 Å². The number of likely N-dealkylation sites (tertiary alicyclic amines) is 1. The highest BCUT2D eigenvalue weighted by Gasteiger charge is 2.49. The largest absolute Gasteiger partial charge is 0.493 e. The van der Waals surface area contributed by atoms with Gasteiger partial charge in [0.15, 0.2) is 11.5 Å². The Labute approximate surface area is 250 Å². The molecule has 2 heterocycles. The maximum atomic E-state index is 15.7. The van der Waals surface area contributed by atoms with E-state index in [1.807, 2.05) is 42.5 Å². The highest BCUT2D eigenvalue weighted by molar-refractivity contribution is 5.90. The van der Waals surface area contributed by atoms with E-state index in [0.29, 0.717) is 25.7 Å². The SMILES string of the molecule is COc1cc(C(F)(F)C(=O)N2CCC[C@H]2C(=O)OC(CCCc2cccnc2)CCc2ccccc2)cc(OC)c1OC. The van der Waals surface area contributed by atoms with E-state index < -0.39 is 35.5 Å². The number of benzene rings is 2. The number of hydrogen-bond acceptors (Lipinski definition) is 7. The number of nitrogens with zero attached hydrogens (tertiary/aromatic N) is 2. The zero-order chi connectivity index (χ0) is 30.8. The number of amides is 1. The number of pyridine rings is 1. The molecule has 0 aliphatic carbocycles. The Morgan fingerprint density at radius 2 is 1.65 bits per heavy atom. The van der Waals surface area contributed by atoms with Crippen LogP contribution in [0.25, 0.3) is 0 Å². The maximum absolute atomic E-state index is 15.7. The molecule has 43 heavy (non-hydrogen) atoms. The number of rotatable bonds is 14. The highest BCUT2D eigenvalue weighted by atomic mass is 19.3. The second-order valence-corrected chi connectivity index (χ2v) is 10.5. The predicted octanol–water partition coefficient (Wildman–Crippen LogP) is 5.76. The summed E-state index contributed by atoms with van der Waals surface area (Å²) in [4.78, 5) is 31.8. The fourth-order valence-corrected chi connectivity index (χ4v) is 5.38. The number of hydrogen-bond donors (Lipinski definition) is 0. The molecule has 1 amide bonds. The number of carbonyl (C=O) groups excluding carboxylic acids is 2. The second-order valence-electron chi connectivity index (χ2n) is 10.5. The summed E-state index contributed by atoms with van der Waals surface area (Å²) in [6, 6.07) is 14.7. The topological polar surface area (TPSA) is 87.2 Å². The van der Waals surface area contributed by atoms with Gasteiger partial charge in [-0.05, 0) is 74.3 Å². The average molecular weight is 597 g/mol. The lowest BCUT2D eigenvalue weighted by atomic mass is 10.0. The minimum Gasteiger partial charge on any atom is -0.493 e. The molecule has 0 spiro atoms. The van der Waals surface area contributed by atoms with E-state index in [4.69, 9.17) is 18.9 Å². The van der Waals surface area contributed by atoms with Crippen molar-refractivity contribution in [1.29, 1.82) is 0 Å².